The average molecular weight is 668 g/mol. The highest BCUT2D eigenvalue weighted by Crippen LogP contribution is 2.52. The molecule has 0 bridgehead atoms. The molecule has 0 unspecified atom stereocenters. The molecule has 11 rings (SSSR count). The second kappa shape index (κ2) is 10.7. The van der Waals surface area contributed by atoms with Crippen molar-refractivity contribution in [2.45, 2.75) is 19.3 Å². The summed E-state index contributed by atoms with van der Waals surface area (Å²) in [6.07, 6.45) is 0. The molecule has 0 amide bonds. The van der Waals surface area contributed by atoms with E-state index in [1.54, 1.807) is 0 Å². The quantitative estimate of drug-likeness (QED) is 0.187. The summed E-state index contributed by atoms with van der Waals surface area (Å²) in [5, 5.41) is 6.66. The number of hydrogen-bond donors (Lipinski definition) is 0. The summed E-state index contributed by atoms with van der Waals surface area (Å²) in [5.41, 5.74) is 13.9. The van der Waals surface area contributed by atoms with E-state index in [-0.39, 0.29) is 5.41 Å². The van der Waals surface area contributed by atoms with Gasteiger partial charge < -0.3 is 13.7 Å². The molecule has 10 aromatic rings. The first-order chi connectivity index (χ1) is 25.6. The topological polar surface area (TPSA) is 29.5 Å². The number of anilines is 3. The maximum absolute atomic E-state index is 7.23. The van der Waals surface area contributed by atoms with Crippen LogP contribution in [-0.2, 0) is 5.41 Å². The van der Waals surface area contributed by atoms with Gasteiger partial charge in [-0.2, -0.15) is 0 Å². The third-order valence-corrected chi connectivity index (χ3v) is 11.2. The van der Waals surface area contributed by atoms with Crippen molar-refractivity contribution in [1.29, 1.82) is 0 Å². The maximum atomic E-state index is 7.23. The van der Waals surface area contributed by atoms with Crippen molar-refractivity contribution in [2.24, 2.45) is 0 Å². The molecule has 8 aromatic carbocycles. The Morgan fingerprint density at radius 2 is 1.10 bits per heavy atom. The van der Waals surface area contributed by atoms with Crippen LogP contribution in [0.4, 0.5) is 17.1 Å². The number of fused-ring (bicyclic) bond motifs is 10. The van der Waals surface area contributed by atoms with Crippen LogP contribution >= 0.6 is 0 Å². The molecule has 3 nitrogen and oxygen atoms in total. The normalized spacial score (nSPS) is 13.3. The zero-order chi connectivity index (χ0) is 34.6. The smallest absolute Gasteiger partial charge is 0.159 e. The zero-order valence-electron chi connectivity index (χ0n) is 28.9. The molecule has 0 saturated carbocycles. The first kappa shape index (κ1) is 29.2. The van der Waals surface area contributed by atoms with Gasteiger partial charge in [0, 0.05) is 49.5 Å². The van der Waals surface area contributed by atoms with Crippen LogP contribution < -0.4 is 4.90 Å². The standard InChI is InChI=1S/C49H33NO2/c1-49(2)41-23-10-8-18-34(41)35-27-26-32(29-42(35)49)50(31-15-4-3-5-16-31)43-24-13-21-38-40-28-30-14-6-7-17-33(30)45(48(40)52-47(38)43)39-22-12-20-37-36-19-9-11-25-44(36)51-46(37)39/h3-29H,1-2H3. The second-order valence-corrected chi connectivity index (χ2v) is 14.5. The molecule has 0 N–H and O–H groups in total. The summed E-state index contributed by atoms with van der Waals surface area (Å²) in [6, 6.07) is 58.5. The molecule has 2 heterocycles. The Morgan fingerprint density at radius 3 is 1.98 bits per heavy atom. The van der Waals surface area contributed by atoms with Gasteiger partial charge in [0.1, 0.15) is 16.7 Å². The third-order valence-electron chi connectivity index (χ3n) is 11.2. The molecule has 0 fully saturated rings. The van der Waals surface area contributed by atoms with Crippen molar-refractivity contribution in [3.8, 4) is 22.3 Å². The van der Waals surface area contributed by atoms with Crippen LogP contribution in [0.2, 0.25) is 0 Å². The van der Waals surface area contributed by atoms with E-state index in [0.29, 0.717) is 0 Å². The van der Waals surface area contributed by atoms with Crippen molar-refractivity contribution in [3.63, 3.8) is 0 Å². The predicted octanol–water partition coefficient (Wildman–Crippen LogP) is 14.1. The minimum atomic E-state index is -0.123. The lowest BCUT2D eigenvalue weighted by atomic mass is 9.82. The first-order valence-electron chi connectivity index (χ1n) is 17.9. The Bertz CT molecular complexity index is 3050. The van der Waals surface area contributed by atoms with Crippen LogP contribution in [0.1, 0.15) is 25.0 Å². The van der Waals surface area contributed by atoms with Gasteiger partial charge in [-0.3, -0.25) is 0 Å². The SMILES string of the molecule is CC1(C)c2ccccc2-c2ccc(N(c3ccccc3)c3cccc4c3oc3c(-c5cccc6c5oc5ccccc56)c5ccccc5cc34)cc21. The third kappa shape index (κ3) is 4.02. The van der Waals surface area contributed by atoms with E-state index in [4.69, 9.17) is 8.83 Å². The van der Waals surface area contributed by atoms with Gasteiger partial charge in [0.15, 0.2) is 5.58 Å². The van der Waals surface area contributed by atoms with E-state index < -0.39 is 0 Å². The number of benzene rings is 8. The van der Waals surface area contributed by atoms with Gasteiger partial charge in [-0.15, -0.1) is 0 Å². The summed E-state index contributed by atoms with van der Waals surface area (Å²) in [6.45, 7) is 4.67. The van der Waals surface area contributed by atoms with Crippen LogP contribution in [-0.4, -0.2) is 0 Å². The van der Waals surface area contributed by atoms with Crippen LogP contribution in [0, 0.1) is 0 Å². The molecule has 0 radical (unpaired) electrons. The minimum absolute atomic E-state index is 0.123. The maximum Gasteiger partial charge on any atom is 0.159 e. The van der Waals surface area contributed by atoms with Crippen molar-refractivity contribution < 1.29 is 8.83 Å². The van der Waals surface area contributed by atoms with Gasteiger partial charge in [-0.05, 0) is 75.5 Å². The van der Waals surface area contributed by atoms with Gasteiger partial charge >= 0.3 is 0 Å². The Labute approximate surface area is 301 Å². The average Bonchev–Trinajstić information content (AvgIpc) is 3.83. The van der Waals surface area contributed by atoms with Crippen LogP contribution in [0.3, 0.4) is 0 Å². The Hall–Kier alpha value is -6.58. The van der Waals surface area contributed by atoms with Crippen molar-refractivity contribution >= 4 is 71.7 Å². The summed E-state index contributed by atoms with van der Waals surface area (Å²) in [7, 11) is 0. The molecule has 0 saturated heterocycles. The van der Waals surface area contributed by atoms with Crippen molar-refractivity contribution in [1.82, 2.24) is 0 Å². The number of hydrogen-bond acceptors (Lipinski definition) is 3. The molecule has 0 atom stereocenters. The van der Waals surface area contributed by atoms with Crippen LogP contribution in [0.15, 0.2) is 173 Å². The molecular weight excluding hydrogens is 635 g/mol. The Balaban J connectivity index is 1.20. The van der Waals surface area contributed by atoms with Gasteiger partial charge in [0.05, 0.1) is 5.69 Å². The van der Waals surface area contributed by atoms with E-state index in [9.17, 15) is 0 Å². The van der Waals surface area contributed by atoms with E-state index in [0.717, 1.165) is 82.8 Å². The van der Waals surface area contributed by atoms with Gasteiger partial charge in [0.2, 0.25) is 0 Å². The molecule has 1 aliphatic carbocycles. The number of nitrogens with zero attached hydrogens (tertiary/aromatic N) is 1. The summed E-state index contributed by atoms with van der Waals surface area (Å²) in [5.74, 6) is 0. The lowest BCUT2D eigenvalue weighted by Crippen LogP contribution is -2.16. The number of para-hydroxylation sites is 4. The summed E-state index contributed by atoms with van der Waals surface area (Å²) in [4.78, 5) is 2.35. The molecular formula is C49H33NO2. The molecule has 0 spiro atoms. The van der Waals surface area contributed by atoms with E-state index in [1.807, 2.05) is 12.1 Å². The summed E-state index contributed by atoms with van der Waals surface area (Å²) < 4.78 is 13.8. The predicted molar refractivity (Wildman–Crippen MR) is 216 cm³/mol. The fraction of sp³-hybridized carbons (Fsp3) is 0.0612. The van der Waals surface area contributed by atoms with Gasteiger partial charge in [0.25, 0.3) is 0 Å². The zero-order valence-corrected chi connectivity index (χ0v) is 28.9. The highest BCUT2D eigenvalue weighted by molar-refractivity contribution is 6.23. The molecule has 2 aromatic heterocycles. The fourth-order valence-corrected chi connectivity index (χ4v) is 8.80. The monoisotopic (exact) mass is 667 g/mol. The second-order valence-electron chi connectivity index (χ2n) is 14.5. The Morgan fingerprint density at radius 1 is 0.423 bits per heavy atom. The highest BCUT2D eigenvalue weighted by atomic mass is 16.3. The van der Waals surface area contributed by atoms with Crippen LogP contribution in [0.25, 0.3) is 76.9 Å². The van der Waals surface area contributed by atoms with E-state index >= 15 is 0 Å². The Kier molecular flexibility index (Phi) is 6.01. The summed E-state index contributed by atoms with van der Waals surface area (Å²) >= 11 is 0. The van der Waals surface area contributed by atoms with Crippen LogP contribution in [0.5, 0.6) is 0 Å². The number of rotatable bonds is 4. The minimum Gasteiger partial charge on any atom is -0.455 e. The molecule has 52 heavy (non-hydrogen) atoms. The molecule has 3 heteroatoms. The lowest BCUT2D eigenvalue weighted by Gasteiger charge is -2.28. The largest absolute Gasteiger partial charge is 0.455 e. The van der Waals surface area contributed by atoms with Crippen molar-refractivity contribution in [2.75, 3.05) is 4.90 Å². The fourth-order valence-electron chi connectivity index (χ4n) is 8.80. The van der Waals surface area contributed by atoms with Gasteiger partial charge in [-0.1, -0.05) is 135 Å². The van der Waals surface area contributed by atoms with E-state index in [1.165, 1.54) is 22.3 Å². The highest BCUT2D eigenvalue weighted by Gasteiger charge is 2.36. The molecule has 0 aliphatic heterocycles. The first-order valence-corrected chi connectivity index (χ1v) is 17.9. The van der Waals surface area contributed by atoms with Gasteiger partial charge in [-0.25, -0.2) is 0 Å². The lowest BCUT2D eigenvalue weighted by molar-refractivity contribution is 0.660. The van der Waals surface area contributed by atoms with E-state index in [2.05, 4.69) is 170 Å². The molecule has 246 valence electrons. The van der Waals surface area contributed by atoms with Crippen molar-refractivity contribution in [3.05, 3.63) is 175 Å². The molecule has 1 aliphatic rings. The number of furan rings is 2.